The number of esters is 1. The fourth-order valence-electron chi connectivity index (χ4n) is 2.46. The Hall–Kier alpha value is -1.70. The first-order valence-corrected chi connectivity index (χ1v) is 7.36. The van der Waals surface area contributed by atoms with Gasteiger partial charge in [-0.1, -0.05) is 30.3 Å². The topological polar surface area (TPSA) is 63.2 Å². The molecule has 4 atom stereocenters. The van der Waals surface area contributed by atoms with Crippen LogP contribution < -0.4 is 0 Å². The SMILES string of the molecule is CC(=O)O[C@@H]1[C@H](OCc2ccccc2)OC[C@H]2OC(=S)O[C@@H]12. The van der Waals surface area contributed by atoms with E-state index in [4.69, 9.17) is 35.9 Å². The maximum atomic E-state index is 11.3. The first-order chi connectivity index (χ1) is 10.6. The summed E-state index contributed by atoms with van der Waals surface area (Å²) in [4.78, 5) is 11.3. The van der Waals surface area contributed by atoms with Crippen molar-refractivity contribution in [1.82, 2.24) is 0 Å². The summed E-state index contributed by atoms with van der Waals surface area (Å²) in [6.45, 7) is 1.93. The Bertz CT molecular complexity index is 548. The van der Waals surface area contributed by atoms with Crippen LogP contribution >= 0.6 is 12.2 Å². The zero-order valence-corrected chi connectivity index (χ0v) is 12.8. The summed E-state index contributed by atoms with van der Waals surface area (Å²) in [6, 6.07) is 9.66. The number of hydrogen-bond donors (Lipinski definition) is 0. The molecule has 2 saturated heterocycles. The molecular weight excluding hydrogens is 308 g/mol. The molecule has 2 fully saturated rings. The fourth-order valence-corrected chi connectivity index (χ4v) is 2.70. The fraction of sp³-hybridized carbons (Fsp3) is 0.467. The minimum absolute atomic E-state index is 0.0412. The summed E-state index contributed by atoms with van der Waals surface area (Å²) in [5, 5.41) is 0.0412. The third-order valence-electron chi connectivity index (χ3n) is 3.42. The predicted octanol–water partition coefficient (Wildman–Crippen LogP) is 1.56. The Kier molecular flexibility index (Phi) is 4.56. The molecule has 0 radical (unpaired) electrons. The standard InChI is InChI=1S/C15H16O6S/c1-9(16)19-13-12-11(20-15(22)21-12)8-18-14(13)17-7-10-5-3-2-4-6-10/h2-6,11-14H,7-8H2,1H3/t11-,12-,13+,14-/m1/s1. The van der Waals surface area contributed by atoms with Gasteiger partial charge in [0, 0.05) is 19.1 Å². The molecule has 1 aromatic carbocycles. The molecule has 0 bridgehead atoms. The molecule has 22 heavy (non-hydrogen) atoms. The number of carbonyl (C=O) groups excluding carboxylic acids is 1. The maximum Gasteiger partial charge on any atom is 0.353 e. The Morgan fingerprint density at radius 2 is 2.09 bits per heavy atom. The smallest absolute Gasteiger partial charge is 0.353 e. The molecule has 1 aromatic rings. The zero-order chi connectivity index (χ0) is 15.5. The highest BCUT2D eigenvalue weighted by Gasteiger charge is 2.50. The monoisotopic (exact) mass is 324 g/mol. The van der Waals surface area contributed by atoms with Gasteiger partial charge in [-0.15, -0.1) is 0 Å². The number of ether oxygens (including phenoxy) is 5. The quantitative estimate of drug-likeness (QED) is 0.615. The molecular formula is C15H16O6S. The predicted molar refractivity (Wildman–Crippen MR) is 78.9 cm³/mol. The van der Waals surface area contributed by atoms with E-state index in [1.54, 1.807) is 0 Å². The summed E-state index contributed by atoms with van der Waals surface area (Å²) in [5.74, 6) is -0.441. The Morgan fingerprint density at radius 1 is 1.32 bits per heavy atom. The van der Waals surface area contributed by atoms with Gasteiger partial charge in [-0.25, -0.2) is 0 Å². The first-order valence-electron chi connectivity index (χ1n) is 6.95. The maximum absolute atomic E-state index is 11.3. The number of rotatable bonds is 4. The van der Waals surface area contributed by atoms with Crippen LogP contribution in [0.3, 0.4) is 0 Å². The van der Waals surface area contributed by atoms with Gasteiger partial charge < -0.3 is 23.7 Å². The molecule has 0 amide bonds. The first kappa shape index (κ1) is 15.2. The van der Waals surface area contributed by atoms with E-state index in [0.717, 1.165) is 5.56 Å². The molecule has 7 heteroatoms. The second-order valence-corrected chi connectivity index (χ2v) is 5.39. The van der Waals surface area contributed by atoms with Gasteiger partial charge in [-0.05, 0) is 5.56 Å². The van der Waals surface area contributed by atoms with Crippen molar-refractivity contribution in [1.29, 1.82) is 0 Å². The number of fused-ring (bicyclic) bond motifs is 1. The van der Waals surface area contributed by atoms with E-state index in [1.807, 2.05) is 30.3 Å². The number of thiocarbonyl (C=S) groups is 1. The van der Waals surface area contributed by atoms with Gasteiger partial charge in [0.1, 0.15) is 0 Å². The normalized spacial score (nSPS) is 30.1. The van der Waals surface area contributed by atoms with Gasteiger partial charge in [0.25, 0.3) is 0 Å². The van der Waals surface area contributed by atoms with Gasteiger partial charge in [-0.3, -0.25) is 4.79 Å². The van der Waals surface area contributed by atoms with Gasteiger partial charge >= 0.3 is 11.2 Å². The number of benzene rings is 1. The molecule has 2 heterocycles. The van der Waals surface area contributed by atoms with Crippen molar-refractivity contribution in [2.24, 2.45) is 0 Å². The molecule has 0 unspecified atom stereocenters. The molecule has 3 rings (SSSR count). The second kappa shape index (κ2) is 6.60. The molecule has 0 aliphatic carbocycles. The van der Waals surface area contributed by atoms with Crippen molar-refractivity contribution in [2.75, 3.05) is 6.61 Å². The lowest BCUT2D eigenvalue weighted by molar-refractivity contribution is -0.261. The van der Waals surface area contributed by atoms with Crippen molar-refractivity contribution in [3.63, 3.8) is 0 Å². The van der Waals surface area contributed by atoms with Crippen LogP contribution in [0.5, 0.6) is 0 Å². The van der Waals surface area contributed by atoms with E-state index in [-0.39, 0.29) is 17.9 Å². The van der Waals surface area contributed by atoms with Crippen molar-refractivity contribution in [3.8, 4) is 0 Å². The van der Waals surface area contributed by atoms with Crippen molar-refractivity contribution in [2.45, 2.75) is 38.1 Å². The molecule has 118 valence electrons. The van der Waals surface area contributed by atoms with Gasteiger partial charge in [0.05, 0.1) is 13.2 Å². The van der Waals surface area contributed by atoms with E-state index >= 15 is 0 Å². The third-order valence-corrected chi connectivity index (χ3v) is 3.61. The molecule has 0 aromatic heterocycles. The Balaban J connectivity index is 1.68. The van der Waals surface area contributed by atoms with E-state index in [1.165, 1.54) is 6.92 Å². The van der Waals surface area contributed by atoms with Crippen LogP contribution in [0.1, 0.15) is 12.5 Å². The minimum atomic E-state index is -0.727. The third kappa shape index (κ3) is 3.37. The summed E-state index contributed by atoms with van der Waals surface area (Å²) >= 11 is 4.90. The molecule has 0 saturated carbocycles. The highest BCUT2D eigenvalue weighted by Crippen LogP contribution is 2.29. The van der Waals surface area contributed by atoms with E-state index in [9.17, 15) is 4.79 Å². The Morgan fingerprint density at radius 3 is 2.82 bits per heavy atom. The summed E-state index contributed by atoms with van der Waals surface area (Å²) in [6.07, 6.45) is -2.34. The minimum Gasteiger partial charge on any atom is -0.453 e. The zero-order valence-electron chi connectivity index (χ0n) is 12.0. The summed E-state index contributed by atoms with van der Waals surface area (Å²) in [7, 11) is 0. The lowest BCUT2D eigenvalue weighted by atomic mass is 10.1. The average Bonchev–Trinajstić information content (AvgIpc) is 2.88. The van der Waals surface area contributed by atoms with Crippen LogP contribution in [-0.4, -0.2) is 42.4 Å². The summed E-state index contributed by atoms with van der Waals surface area (Å²) < 4.78 is 27.4. The van der Waals surface area contributed by atoms with Crippen LogP contribution in [-0.2, 0) is 35.1 Å². The summed E-state index contributed by atoms with van der Waals surface area (Å²) in [5.41, 5.74) is 0.994. The van der Waals surface area contributed by atoms with E-state index < -0.39 is 24.5 Å². The lowest BCUT2D eigenvalue weighted by Gasteiger charge is -2.35. The van der Waals surface area contributed by atoms with E-state index in [2.05, 4.69) is 0 Å². The van der Waals surface area contributed by atoms with Crippen molar-refractivity contribution < 1.29 is 28.5 Å². The largest absolute Gasteiger partial charge is 0.453 e. The van der Waals surface area contributed by atoms with Gasteiger partial charge in [-0.2, -0.15) is 0 Å². The van der Waals surface area contributed by atoms with Crippen LogP contribution in [0, 0.1) is 0 Å². The van der Waals surface area contributed by atoms with Crippen molar-refractivity contribution in [3.05, 3.63) is 35.9 Å². The van der Waals surface area contributed by atoms with E-state index in [0.29, 0.717) is 6.61 Å². The average molecular weight is 324 g/mol. The highest BCUT2D eigenvalue weighted by atomic mass is 32.1. The highest BCUT2D eigenvalue weighted by molar-refractivity contribution is 7.79. The molecule has 2 aliphatic heterocycles. The number of carbonyl (C=O) groups is 1. The van der Waals surface area contributed by atoms with Gasteiger partial charge in [0.15, 0.2) is 24.6 Å². The molecule has 6 nitrogen and oxygen atoms in total. The lowest BCUT2D eigenvalue weighted by Crippen LogP contribution is -2.54. The van der Waals surface area contributed by atoms with Crippen LogP contribution in [0.4, 0.5) is 0 Å². The van der Waals surface area contributed by atoms with Gasteiger partial charge in [0.2, 0.25) is 0 Å². The van der Waals surface area contributed by atoms with Crippen LogP contribution in [0.15, 0.2) is 30.3 Å². The molecule has 0 N–H and O–H groups in total. The van der Waals surface area contributed by atoms with Crippen LogP contribution in [0.25, 0.3) is 0 Å². The van der Waals surface area contributed by atoms with Crippen LogP contribution in [0.2, 0.25) is 0 Å². The number of hydrogen-bond acceptors (Lipinski definition) is 7. The van der Waals surface area contributed by atoms with Crippen molar-refractivity contribution >= 4 is 23.4 Å². The second-order valence-electron chi connectivity index (χ2n) is 5.06. The Labute approximate surface area is 133 Å². The molecule has 2 aliphatic rings. The molecule has 0 spiro atoms.